The molecule has 4 nitrogen and oxygen atoms in total. The van der Waals surface area contributed by atoms with Gasteiger partial charge in [0.25, 0.3) is 0 Å². The van der Waals surface area contributed by atoms with E-state index in [1.165, 1.54) is 11.1 Å². The molecule has 2 aliphatic rings. The monoisotopic (exact) mass is 398 g/mol. The van der Waals surface area contributed by atoms with E-state index in [4.69, 9.17) is 4.74 Å². The van der Waals surface area contributed by atoms with Gasteiger partial charge in [0.2, 0.25) is 5.91 Å². The zero-order chi connectivity index (χ0) is 20.6. The van der Waals surface area contributed by atoms with Gasteiger partial charge in [0, 0.05) is 24.3 Å². The van der Waals surface area contributed by atoms with Gasteiger partial charge in [0.15, 0.2) is 0 Å². The molecule has 0 spiro atoms. The van der Waals surface area contributed by atoms with E-state index in [2.05, 4.69) is 41.4 Å². The van der Waals surface area contributed by atoms with Gasteiger partial charge in [0.1, 0.15) is 11.5 Å². The number of carbonyl (C=O) groups excluding carboxylic acids is 1. The summed E-state index contributed by atoms with van der Waals surface area (Å²) in [4.78, 5) is 15.6. The second kappa shape index (κ2) is 7.62. The lowest BCUT2D eigenvalue weighted by molar-refractivity contribution is -0.138. The summed E-state index contributed by atoms with van der Waals surface area (Å²) >= 11 is 0. The average Bonchev–Trinajstić information content (AvgIpc) is 3.16. The topological polar surface area (TPSA) is 41.6 Å². The Morgan fingerprint density at radius 1 is 0.933 bits per heavy atom. The van der Waals surface area contributed by atoms with Gasteiger partial charge in [-0.15, -0.1) is 0 Å². The Kier molecular flexibility index (Phi) is 4.80. The number of hydrogen-bond acceptors (Lipinski definition) is 3. The van der Waals surface area contributed by atoms with Crippen LogP contribution in [-0.2, 0) is 17.6 Å². The van der Waals surface area contributed by atoms with Gasteiger partial charge in [-0.3, -0.25) is 9.69 Å². The number of hydrogen-bond donors (Lipinski definition) is 1. The number of likely N-dealkylation sites (tertiary alicyclic amines) is 1. The van der Waals surface area contributed by atoms with E-state index in [1.807, 2.05) is 54.6 Å². The number of anilines is 1. The summed E-state index contributed by atoms with van der Waals surface area (Å²) in [5, 5.41) is 3.12. The van der Waals surface area contributed by atoms with E-state index in [0.717, 1.165) is 37.2 Å². The Morgan fingerprint density at radius 3 is 2.27 bits per heavy atom. The third-order valence-electron chi connectivity index (χ3n) is 6.50. The molecule has 152 valence electrons. The highest BCUT2D eigenvalue weighted by atomic mass is 16.5. The minimum absolute atomic E-state index is 0.0570. The van der Waals surface area contributed by atoms with E-state index in [9.17, 15) is 4.79 Å². The molecule has 0 radical (unpaired) electrons. The van der Waals surface area contributed by atoms with Gasteiger partial charge in [-0.25, -0.2) is 0 Å². The second-order valence-corrected chi connectivity index (χ2v) is 8.45. The van der Waals surface area contributed by atoms with E-state index in [1.54, 1.807) is 0 Å². The van der Waals surface area contributed by atoms with Crippen LogP contribution in [0.2, 0.25) is 0 Å². The quantitative estimate of drug-likeness (QED) is 0.654. The zero-order valence-corrected chi connectivity index (χ0v) is 17.2. The van der Waals surface area contributed by atoms with E-state index in [0.29, 0.717) is 11.8 Å². The molecular weight excluding hydrogens is 372 g/mol. The van der Waals surface area contributed by atoms with Crippen LogP contribution < -0.4 is 10.1 Å². The molecule has 1 atom stereocenters. The summed E-state index contributed by atoms with van der Waals surface area (Å²) in [6, 6.07) is 26.3. The van der Waals surface area contributed by atoms with Gasteiger partial charge >= 0.3 is 0 Å². The molecule has 1 N–H and O–H groups in total. The van der Waals surface area contributed by atoms with Crippen molar-refractivity contribution in [1.82, 2.24) is 4.90 Å². The summed E-state index contributed by atoms with van der Waals surface area (Å²) < 4.78 is 5.90. The largest absolute Gasteiger partial charge is 0.457 e. The lowest BCUT2D eigenvalue weighted by Crippen LogP contribution is -2.67. The van der Waals surface area contributed by atoms with Gasteiger partial charge in [0.05, 0.1) is 5.54 Å². The van der Waals surface area contributed by atoms with Crippen molar-refractivity contribution in [2.24, 2.45) is 0 Å². The van der Waals surface area contributed by atoms with E-state index < -0.39 is 5.54 Å². The molecule has 0 aromatic heterocycles. The molecule has 1 fully saturated rings. The van der Waals surface area contributed by atoms with Crippen molar-refractivity contribution in [1.29, 1.82) is 0 Å². The first-order valence-electron chi connectivity index (χ1n) is 10.6. The lowest BCUT2D eigenvalue weighted by atomic mass is 9.83. The molecule has 1 unspecified atom stereocenters. The third-order valence-corrected chi connectivity index (χ3v) is 6.50. The number of nitrogens with one attached hydrogen (secondary N) is 1. The van der Waals surface area contributed by atoms with Gasteiger partial charge in [-0.2, -0.15) is 0 Å². The van der Waals surface area contributed by atoms with Crippen LogP contribution in [-0.4, -0.2) is 28.9 Å². The molecule has 1 amide bonds. The maximum Gasteiger partial charge on any atom is 0.244 e. The molecule has 3 aromatic rings. The maximum atomic E-state index is 13.2. The number of rotatable bonds is 5. The predicted molar refractivity (Wildman–Crippen MR) is 119 cm³/mol. The SMILES string of the molecule is CC1(C(=O)Nc2cccc(Oc3ccccc3)c2)CCN1C1Cc2ccccc2C1. The molecule has 5 rings (SSSR count). The number of amides is 1. The summed E-state index contributed by atoms with van der Waals surface area (Å²) in [7, 11) is 0. The first-order valence-corrected chi connectivity index (χ1v) is 10.6. The first-order chi connectivity index (χ1) is 14.6. The van der Waals surface area contributed by atoms with Crippen molar-refractivity contribution in [2.45, 2.75) is 37.8 Å². The lowest BCUT2D eigenvalue weighted by Gasteiger charge is -2.52. The molecule has 1 aliphatic heterocycles. The molecule has 0 bridgehead atoms. The van der Waals surface area contributed by atoms with Crippen LogP contribution in [0, 0.1) is 0 Å². The summed E-state index contributed by atoms with van der Waals surface area (Å²) in [5.74, 6) is 1.54. The molecule has 4 heteroatoms. The Labute approximate surface area is 177 Å². The van der Waals surface area contributed by atoms with E-state index in [-0.39, 0.29) is 5.91 Å². The maximum absolute atomic E-state index is 13.2. The fourth-order valence-corrected chi connectivity index (χ4v) is 4.69. The predicted octanol–water partition coefficient (Wildman–Crippen LogP) is 5.05. The van der Waals surface area contributed by atoms with Crippen LogP contribution in [0.25, 0.3) is 0 Å². The summed E-state index contributed by atoms with van der Waals surface area (Å²) in [6.07, 6.45) is 2.94. The van der Waals surface area contributed by atoms with Crippen molar-refractivity contribution >= 4 is 11.6 Å². The van der Waals surface area contributed by atoms with Crippen LogP contribution in [0.4, 0.5) is 5.69 Å². The minimum Gasteiger partial charge on any atom is -0.457 e. The fraction of sp³-hybridized carbons (Fsp3) is 0.269. The zero-order valence-electron chi connectivity index (χ0n) is 17.2. The molecule has 1 aliphatic carbocycles. The number of benzene rings is 3. The van der Waals surface area contributed by atoms with Crippen LogP contribution in [0.5, 0.6) is 11.5 Å². The highest BCUT2D eigenvalue weighted by Gasteiger charge is 2.50. The summed E-state index contributed by atoms with van der Waals surface area (Å²) in [5.41, 5.74) is 3.13. The number of para-hydroxylation sites is 1. The average molecular weight is 399 g/mol. The molecule has 1 saturated heterocycles. The Bertz CT molecular complexity index is 1040. The smallest absolute Gasteiger partial charge is 0.244 e. The number of nitrogens with zero attached hydrogens (tertiary/aromatic N) is 1. The van der Waals surface area contributed by atoms with Crippen LogP contribution in [0.1, 0.15) is 24.5 Å². The first kappa shape index (κ1) is 18.9. The van der Waals surface area contributed by atoms with Crippen molar-refractivity contribution in [2.75, 3.05) is 11.9 Å². The van der Waals surface area contributed by atoms with Gasteiger partial charge in [-0.05, 0) is 61.6 Å². The minimum atomic E-state index is -0.469. The highest BCUT2D eigenvalue weighted by molar-refractivity contribution is 5.98. The second-order valence-electron chi connectivity index (χ2n) is 8.45. The standard InChI is InChI=1S/C26H26N2O2/c1-26(14-15-28(26)22-16-19-8-5-6-9-20(19)17-22)25(29)27-21-10-7-13-24(18-21)30-23-11-3-2-4-12-23/h2-13,18,22H,14-17H2,1H3,(H,27,29). The fourth-order valence-electron chi connectivity index (χ4n) is 4.69. The van der Waals surface area contributed by atoms with Crippen molar-refractivity contribution in [3.05, 3.63) is 90.0 Å². The van der Waals surface area contributed by atoms with Crippen molar-refractivity contribution < 1.29 is 9.53 Å². The molecule has 1 heterocycles. The van der Waals surface area contributed by atoms with E-state index >= 15 is 0 Å². The Hall–Kier alpha value is -3.11. The normalized spacial score (nSPS) is 21.0. The van der Waals surface area contributed by atoms with Gasteiger partial charge < -0.3 is 10.1 Å². The van der Waals surface area contributed by atoms with Crippen LogP contribution in [0.15, 0.2) is 78.9 Å². The highest BCUT2D eigenvalue weighted by Crippen LogP contribution is 2.38. The Balaban J connectivity index is 1.27. The van der Waals surface area contributed by atoms with Crippen LogP contribution >= 0.6 is 0 Å². The molecular formula is C26H26N2O2. The third kappa shape index (κ3) is 3.48. The Morgan fingerprint density at radius 2 is 1.60 bits per heavy atom. The molecule has 0 saturated carbocycles. The number of ether oxygens (including phenoxy) is 1. The summed E-state index contributed by atoms with van der Waals surface area (Å²) in [6.45, 7) is 3.04. The number of carbonyl (C=O) groups is 1. The van der Waals surface area contributed by atoms with Gasteiger partial charge in [-0.1, -0.05) is 48.5 Å². The van der Waals surface area contributed by atoms with Crippen LogP contribution in [0.3, 0.4) is 0 Å². The number of fused-ring (bicyclic) bond motifs is 1. The molecule has 3 aromatic carbocycles. The van der Waals surface area contributed by atoms with Crippen molar-refractivity contribution in [3.63, 3.8) is 0 Å². The van der Waals surface area contributed by atoms with Crippen molar-refractivity contribution in [3.8, 4) is 11.5 Å². The molecule has 30 heavy (non-hydrogen) atoms.